The second-order valence-corrected chi connectivity index (χ2v) is 13.8. The lowest BCUT2D eigenvalue weighted by Crippen LogP contribution is -2.49. The van der Waals surface area contributed by atoms with Crippen LogP contribution in [0.3, 0.4) is 0 Å². The summed E-state index contributed by atoms with van der Waals surface area (Å²) in [4.78, 5) is 11.8. The Kier molecular flexibility index (Phi) is 6.61. The Balaban J connectivity index is 2.28. The third kappa shape index (κ3) is 5.19. The number of fused-ring (bicyclic) bond motifs is 1. The van der Waals surface area contributed by atoms with Crippen LogP contribution in [0.25, 0.3) is 0 Å². The van der Waals surface area contributed by atoms with Gasteiger partial charge in [0.25, 0.3) is 0 Å². The van der Waals surface area contributed by atoms with Gasteiger partial charge in [-0.25, -0.2) is 4.79 Å². The van der Waals surface area contributed by atoms with Gasteiger partial charge in [0.2, 0.25) is 0 Å². The van der Waals surface area contributed by atoms with E-state index in [1.54, 1.807) is 26.8 Å². The van der Waals surface area contributed by atoms with Crippen LogP contribution in [0.5, 0.6) is 0 Å². The van der Waals surface area contributed by atoms with Crippen molar-refractivity contribution in [2.45, 2.75) is 96.2 Å². The molecule has 2 fully saturated rings. The normalized spacial score (nSPS) is 31.9. The van der Waals surface area contributed by atoms with E-state index in [1.807, 2.05) is 0 Å². The summed E-state index contributed by atoms with van der Waals surface area (Å²) >= 11 is 0. The molecule has 2 saturated heterocycles. The van der Waals surface area contributed by atoms with E-state index in [-0.39, 0.29) is 5.04 Å². The summed E-state index contributed by atoms with van der Waals surface area (Å²) in [6.07, 6.45) is -0.353. The number of aliphatic hydroxyl groups excluding tert-OH is 1. The van der Waals surface area contributed by atoms with Gasteiger partial charge in [0.05, 0.1) is 12.7 Å². The van der Waals surface area contributed by atoms with Crippen LogP contribution in [0.15, 0.2) is 12.2 Å². The highest BCUT2D eigenvalue weighted by Crippen LogP contribution is 2.42. The van der Waals surface area contributed by atoms with Gasteiger partial charge in [-0.05, 0) is 45.0 Å². The Bertz CT molecular complexity index is 567. The maximum absolute atomic E-state index is 11.8. The van der Waals surface area contributed by atoms with Crippen LogP contribution >= 0.6 is 0 Å². The number of carbonyl (C=O) groups is 1. The van der Waals surface area contributed by atoms with Crippen molar-refractivity contribution in [1.82, 2.24) is 0 Å². The second-order valence-electron chi connectivity index (χ2n) is 9.01. The minimum atomic E-state index is -2.19. The largest absolute Gasteiger partial charge is 0.463 e. The van der Waals surface area contributed by atoms with E-state index >= 15 is 0 Å². The summed E-state index contributed by atoms with van der Waals surface area (Å²) in [5, 5.41) is 10.2. The van der Waals surface area contributed by atoms with Crippen molar-refractivity contribution in [3.8, 4) is 0 Å². The first-order chi connectivity index (χ1) is 12.3. The summed E-state index contributed by atoms with van der Waals surface area (Å²) < 4.78 is 29.0. The molecule has 0 aromatic carbocycles. The first-order valence-corrected chi connectivity index (χ1v) is 12.4. The molecule has 0 aromatic rings. The number of hydrogen-bond acceptors (Lipinski definition) is 7. The summed E-state index contributed by atoms with van der Waals surface area (Å²) in [5.41, 5.74) is 0. The van der Waals surface area contributed by atoms with E-state index in [4.69, 9.17) is 23.4 Å². The molecule has 0 aliphatic carbocycles. The molecule has 7 nitrogen and oxygen atoms in total. The molecule has 1 N–H and O–H groups in total. The van der Waals surface area contributed by atoms with Gasteiger partial charge in [-0.15, -0.1) is 0 Å². The van der Waals surface area contributed by atoms with Crippen molar-refractivity contribution < 1.29 is 33.3 Å². The van der Waals surface area contributed by atoms with Crippen LogP contribution < -0.4 is 0 Å². The molecule has 2 aliphatic heterocycles. The lowest BCUT2D eigenvalue weighted by Gasteiger charge is -2.40. The number of hydrogen-bond donors (Lipinski definition) is 1. The molecule has 2 heterocycles. The number of carbonyl (C=O) groups excluding carboxylic acids is 1. The predicted octanol–water partition coefficient (Wildman–Crippen LogP) is 2.73. The molecule has 8 heteroatoms. The van der Waals surface area contributed by atoms with Gasteiger partial charge in [0, 0.05) is 6.08 Å². The second kappa shape index (κ2) is 7.92. The Morgan fingerprint density at radius 1 is 1.26 bits per heavy atom. The van der Waals surface area contributed by atoms with Crippen LogP contribution in [-0.2, 0) is 28.2 Å². The zero-order valence-corrected chi connectivity index (χ0v) is 18.6. The SMILES string of the molecule is CCOC(=O)/C=C/C(O[Si](C)(C)C(C)(C)C)[C@H]1OC(O)[C@H]2OC(C)(C)O[C@H]21. The minimum Gasteiger partial charge on any atom is -0.463 e. The molecule has 2 rings (SSSR count). The molecule has 156 valence electrons. The Morgan fingerprint density at radius 2 is 1.85 bits per heavy atom. The van der Waals surface area contributed by atoms with Gasteiger partial charge in [0.15, 0.2) is 20.4 Å². The van der Waals surface area contributed by atoms with E-state index in [9.17, 15) is 9.90 Å². The van der Waals surface area contributed by atoms with Gasteiger partial charge in [-0.3, -0.25) is 0 Å². The van der Waals surface area contributed by atoms with Gasteiger partial charge < -0.3 is 28.5 Å². The summed E-state index contributed by atoms with van der Waals surface area (Å²) in [6.45, 7) is 16.3. The van der Waals surface area contributed by atoms with Crippen LogP contribution in [0.2, 0.25) is 18.1 Å². The maximum Gasteiger partial charge on any atom is 0.330 e. The number of esters is 1. The van der Waals surface area contributed by atoms with Gasteiger partial charge >= 0.3 is 5.97 Å². The molecule has 0 aromatic heterocycles. The van der Waals surface area contributed by atoms with Gasteiger partial charge in [-0.2, -0.15) is 0 Å². The third-order valence-corrected chi connectivity index (χ3v) is 9.81. The van der Waals surface area contributed by atoms with Crippen LogP contribution in [0.4, 0.5) is 0 Å². The smallest absolute Gasteiger partial charge is 0.330 e. The van der Waals surface area contributed by atoms with E-state index in [0.29, 0.717) is 6.61 Å². The van der Waals surface area contributed by atoms with Gasteiger partial charge in [-0.1, -0.05) is 20.8 Å². The lowest BCUT2D eigenvalue weighted by atomic mass is 10.1. The monoisotopic (exact) mass is 402 g/mol. The summed E-state index contributed by atoms with van der Waals surface area (Å²) in [7, 11) is -2.19. The highest BCUT2D eigenvalue weighted by atomic mass is 28.4. The Labute approximate surface area is 163 Å². The van der Waals surface area contributed by atoms with Crippen molar-refractivity contribution in [2.75, 3.05) is 6.61 Å². The molecule has 0 radical (unpaired) electrons. The van der Waals surface area contributed by atoms with Crippen LogP contribution in [-0.4, -0.2) is 62.5 Å². The average Bonchev–Trinajstić information content (AvgIpc) is 2.97. The molecular formula is C19H34O7Si. The fourth-order valence-corrected chi connectivity index (χ4v) is 4.22. The van der Waals surface area contributed by atoms with Gasteiger partial charge in [0.1, 0.15) is 18.3 Å². The first-order valence-electron chi connectivity index (χ1n) is 9.49. The van der Waals surface area contributed by atoms with Crippen molar-refractivity contribution in [1.29, 1.82) is 0 Å². The number of aliphatic hydroxyl groups is 1. The molecule has 0 saturated carbocycles. The van der Waals surface area contributed by atoms with E-state index in [2.05, 4.69) is 33.9 Å². The molecule has 0 spiro atoms. The van der Waals surface area contributed by atoms with Crippen molar-refractivity contribution in [3.63, 3.8) is 0 Å². The molecule has 0 bridgehead atoms. The zero-order valence-electron chi connectivity index (χ0n) is 17.6. The van der Waals surface area contributed by atoms with E-state index in [0.717, 1.165) is 0 Å². The van der Waals surface area contributed by atoms with E-state index in [1.165, 1.54) is 6.08 Å². The fourth-order valence-electron chi connectivity index (χ4n) is 2.97. The molecule has 5 atom stereocenters. The van der Waals surface area contributed by atoms with Crippen LogP contribution in [0.1, 0.15) is 41.5 Å². The lowest BCUT2D eigenvalue weighted by molar-refractivity contribution is -0.226. The third-order valence-electron chi connectivity index (χ3n) is 5.33. The van der Waals surface area contributed by atoms with Crippen molar-refractivity contribution in [3.05, 3.63) is 12.2 Å². The Hall–Kier alpha value is -0.773. The quantitative estimate of drug-likeness (QED) is 0.415. The molecule has 0 amide bonds. The van der Waals surface area contributed by atoms with Crippen molar-refractivity contribution >= 4 is 14.3 Å². The number of ether oxygens (including phenoxy) is 4. The Morgan fingerprint density at radius 3 is 2.41 bits per heavy atom. The summed E-state index contributed by atoms with van der Waals surface area (Å²) in [5.74, 6) is -1.26. The predicted molar refractivity (Wildman–Crippen MR) is 103 cm³/mol. The van der Waals surface area contributed by atoms with E-state index < -0.39 is 50.8 Å². The maximum atomic E-state index is 11.8. The molecule has 27 heavy (non-hydrogen) atoms. The highest BCUT2D eigenvalue weighted by molar-refractivity contribution is 6.74. The minimum absolute atomic E-state index is 0.0358. The first kappa shape index (κ1) is 22.5. The molecule has 2 unspecified atom stereocenters. The average molecular weight is 403 g/mol. The molecular weight excluding hydrogens is 368 g/mol. The summed E-state index contributed by atoms with van der Waals surface area (Å²) in [6, 6.07) is 0. The fraction of sp³-hybridized carbons (Fsp3) is 0.842. The topological polar surface area (TPSA) is 83.5 Å². The van der Waals surface area contributed by atoms with Crippen molar-refractivity contribution in [2.24, 2.45) is 0 Å². The number of rotatable bonds is 6. The van der Waals surface area contributed by atoms with Crippen LogP contribution in [0, 0.1) is 0 Å². The zero-order chi connectivity index (χ0) is 20.6. The standard InChI is InChI=1S/C19H34O7Si/c1-9-22-13(20)11-10-12(26-27(7,8)18(2,3)4)14-15-16(17(21)23-14)25-19(5,6)24-15/h10-12,14-17,21H,9H2,1-8H3/b11-10+/t12?,14-,15+,16+,17?/m1/s1. The molecule has 2 aliphatic rings. The highest BCUT2D eigenvalue weighted by Gasteiger charge is 2.57.